The quantitative estimate of drug-likeness (QED) is 0.762. The lowest BCUT2D eigenvalue weighted by Crippen LogP contribution is -1.99. The highest BCUT2D eigenvalue weighted by molar-refractivity contribution is 9.13. The molecular formula is C14H15Br2NO. The van der Waals surface area contributed by atoms with E-state index in [1.165, 1.54) is 5.56 Å². The molecule has 1 heterocycles. The lowest BCUT2D eigenvalue weighted by atomic mass is 10.0. The summed E-state index contributed by atoms with van der Waals surface area (Å²) >= 11 is 6.74. The molecule has 96 valence electrons. The van der Waals surface area contributed by atoms with Crippen LogP contribution < -0.4 is 5.32 Å². The Kier molecular flexibility index (Phi) is 4.51. The molecule has 0 aliphatic rings. The topological polar surface area (TPSA) is 25.2 Å². The number of rotatable bonds is 4. The molecule has 0 fully saturated rings. The van der Waals surface area contributed by atoms with Crippen LogP contribution in [0.5, 0.6) is 0 Å². The summed E-state index contributed by atoms with van der Waals surface area (Å²) < 4.78 is 7.19. The van der Waals surface area contributed by atoms with Crippen LogP contribution >= 0.6 is 31.9 Å². The third-order valence-electron chi connectivity index (χ3n) is 2.72. The van der Waals surface area contributed by atoms with E-state index < -0.39 is 0 Å². The minimum absolute atomic E-state index is 0.540. The first-order valence-corrected chi connectivity index (χ1v) is 7.42. The molecule has 1 aromatic carbocycles. The minimum atomic E-state index is 0.540. The van der Waals surface area contributed by atoms with Crippen molar-refractivity contribution in [3.63, 3.8) is 0 Å². The summed E-state index contributed by atoms with van der Waals surface area (Å²) in [5.41, 5.74) is 2.45. The highest BCUT2D eigenvalue weighted by atomic mass is 79.9. The van der Waals surface area contributed by atoms with Gasteiger partial charge in [0.15, 0.2) is 4.67 Å². The van der Waals surface area contributed by atoms with Crippen LogP contribution in [0.25, 0.3) is 0 Å². The highest BCUT2D eigenvalue weighted by Crippen LogP contribution is 2.27. The molecule has 0 saturated carbocycles. The average molecular weight is 373 g/mol. The third kappa shape index (κ3) is 3.39. The van der Waals surface area contributed by atoms with E-state index in [1.54, 1.807) is 0 Å². The normalized spacial score (nSPS) is 10.9. The molecule has 0 aliphatic heterocycles. The molecule has 0 spiro atoms. The van der Waals surface area contributed by atoms with Crippen molar-refractivity contribution < 1.29 is 4.42 Å². The van der Waals surface area contributed by atoms with E-state index in [4.69, 9.17) is 4.42 Å². The van der Waals surface area contributed by atoms with Gasteiger partial charge >= 0.3 is 0 Å². The standard InChI is InChI=1S/C14H15Br2NO/c1-9(2)10-4-3-5-11(6-10)17-8-12-7-13(15)14(16)18-12/h3-7,9,17H,8H2,1-2H3. The van der Waals surface area contributed by atoms with Crippen LogP contribution in [0.2, 0.25) is 0 Å². The van der Waals surface area contributed by atoms with Gasteiger partial charge in [0, 0.05) is 5.69 Å². The Morgan fingerprint density at radius 2 is 2.00 bits per heavy atom. The number of furan rings is 1. The number of halogens is 2. The molecule has 0 amide bonds. The number of hydrogen-bond acceptors (Lipinski definition) is 2. The number of anilines is 1. The van der Waals surface area contributed by atoms with E-state index in [1.807, 2.05) is 6.07 Å². The maximum atomic E-state index is 5.52. The van der Waals surface area contributed by atoms with E-state index in [9.17, 15) is 0 Å². The molecule has 1 N–H and O–H groups in total. The molecule has 0 atom stereocenters. The molecule has 0 saturated heterocycles. The summed E-state index contributed by atoms with van der Waals surface area (Å²) in [6.07, 6.45) is 0. The Labute approximate surface area is 124 Å². The Bertz CT molecular complexity index is 515. The second-order valence-electron chi connectivity index (χ2n) is 4.47. The van der Waals surface area contributed by atoms with Gasteiger partial charge in [0.2, 0.25) is 0 Å². The first-order chi connectivity index (χ1) is 8.56. The fourth-order valence-corrected chi connectivity index (χ4v) is 2.33. The smallest absolute Gasteiger partial charge is 0.183 e. The summed E-state index contributed by atoms with van der Waals surface area (Å²) in [6.45, 7) is 5.06. The lowest BCUT2D eigenvalue weighted by Gasteiger charge is -2.09. The van der Waals surface area contributed by atoms with Gasteiger partial charge in [-0.05, 0) is 61.5 Å². The van der Waals surface area contributed by atoms with E-state index in [0.717, 1.165) is 20.6 Å². The van der Waals surface area contributed by atoms with Gasteiger partial charge in [-0.1, -0.05) is 26.0 Å². The molecule has 18 heavy (non-hydrogen) atoms. The molecule has 0 aliphatic carbocycles. The van der Waals surface area contributed by atoms with Crippen molar-refractivity contribution in [2.75, 3.05) is 5.32 Å². The molecule has 2 aromatic rings. The number of hydrogen-bond donors (Lipinski definition) is 1. The Morgan fingerprint density at radius 3 is 2.61 bits per heavy atom. The molecule has 1 aromatic heterocycles. The first-order valence-electron chi connectivity index (χ1n) is 5.84. The van der Waals surface area contributed by atoms with Gasteiger partial charge in [-0.2, -0.15) is 0 Å². The SMILES string of the molecule is CC(C)c1cccc(NCc2cc(Br)c(Br)o2)c1. The predicted octanol–water partition coefficient (Wildman–Crippen LogP) is 5.54. The third-order valence-corrected chi connectivity index (χ3v) is 4.43. The van der Waals surface area contributed by atoms with Crippen LogP contribution in [-0.2, 0) is 6.54 Å². The van der Waals surface area contributed by atoms with Crippen molar-refractivity contribution in [1.29, 1.82) is 0 Å². The zero-order valence-corrected chi connectivity index (χ0v) is 13.5. The summed E-state index contributed by atoms with van der Waals surface area (Å²) in [5, 5.41) is 3.36. The molecule has 2 rings (SSSR count). The maximum absolute atomic E-state index is 5.52. The minimum Gasteiger partial charge on any atom is -0.451 e. The zero-order valence-electron chi connectivity index (χ0n) is 10.3. The molecule has 0 radical (unpaired) electrons. The number of nitrogens with one attached hydrogen (secondary N) is 1. The highest BCUT2D eigenvalue weighted by Gasteiger charge is 2.06. The van der Waals surface area contributed by atoms with Crippen LogP contribution in [0.15, 0.2) is 43.9 Å². The van der Waals surface area contributed by atoms with Crippen LogP contribution in [0.1, 0.15) is 31.1 Å². The van der Waals surface area contributed by atoms with E-state index in [-0.39, 0.29) is 0 Å². The van der Waals surface area contributed by atoms with Gasteiger partial charge in [-0.3, -0.25) is 0 Å². The van der Waals surface area contributed by atoms with Gasteiger partial charge in [-0.15, -0.1) is 0 Å². The van der Waals surface area contributed by atoms with Crippen molar-refractivity contribution >= 4 is 37.5 Å². The van der Waals surface area contributed by atoms with E-state index >= 15 is 0 Å². The Hall–Kier alpha value is -0.740. The fraction of sp³-hybridized carbons (Fsp3) is 0.286. The Balaban J connectivity index is 2.03. The molecule has 0 unspecified atom stereocenters. The lowest BCUT2D eigenvalue weighted by molar-refractivity contribution is 0.494. The monoisotopic (exact) mass is 371 g/mol. The van der Waals surface area contributed by atoms with Gasteiger partial charge in [0.1, 0.15) is 5.76 Å². The van der Waals surface area contributed by atoms with Crippen molar-refractivity contribution in [2.45, 2.75) is 26.3 Å². The van der Waals surface area contributed by atoms with Crippen LogP contribution in [0, 0.1) is 0 Å². The van der Waals surface area contributed by atoms with E-state index in [2.05, 4.69) is 75.3 Å². The van der Waals surface area contributed by atoms with Crippen molar-refractivity contribution in [2.24, 2.45) is 0 Å². The first kappa shape index (κ1) is 13.7. The van der Waals surface area contributed by atoms with Gasteiger partial charge in [0.25, 0.3) is 0 Å². The molecule has 0 bridgehead atoms. The summed E-state index contributed by atoms with van der Waals surface area (Å²) in [5.74, 6) is 1.43. The van der Waals surface area contributed by atoms with Crippen LogP contribution in [-0.4, -0.2) is 0 Å². The Morgan fingerprint density at radius 1 is 1.22 bits per heavy atom. The van der Waals surface area contributed by atoms with E-state index in [0.29, 0.717) is 12.5 Å². The summed E-state index contributed by atoms with van der Waals surface area (Å²) in [7, 11) is 0. The fourth-order valence-electron chi connectivity index (χ4n) is 1.68. The van der Waals surface area contributed by atoms with Gasteiger partial charge < -0.3 is 9.73 Å². The second kappa shape index (κ2) is 5.93. The largest absolute Gasteiger partial charge is 0.451 e. The molecule has 2 nitrogen and oxygen atoms in total. The van der Waals surface area contributed by atoms with Crippen molar-refractivity contribution in [3.8, 4) is 0 Å². The van der Waals surface area contributed by atoms with Crippen LogP contribution in [0.4, 0.5) is 5.69 Å². The van der Waals surface area contributed by atoms with Gasteiger partial charge in [0.05, 0.1) is 11.0 Å². The second-order valence-corrected chi connectivity index (χ2v) is 6.04. The molecule has 4 heteroatoms. The summed E-state index contributed by atoms with van der Waals surface area (Å²) in [4.78, 5) is 0. The summed E-state index contributed by atoms with van der Waals surface area (Å²) in [6, 6.07) is 10.4. The molecular weight excluding hydrogens is 358 g/mol. The van der Waals surface area contributed by atoms with Crippen molar-refractivity contribution in [1.82, 2.24) is 0 Å². The predicted molar refractivity (Wildman–Crippen MR) is 82.0 cm³/mol. The average Bonchev–Trinajstić information content (AvgIpc) is 2.67. The number of benzene rings is 1. The zero-order chi connectivity index (χ0) is 13.1. The maximum Gasteiger partial charge on any atom is 0.183 e. The van der Waals surface area contributed by atoms with Gasteiger partial charge in [-0.25, -0.2) is 0 Å². The van der Waals surface area contributed by atoms with Crippen LogP contribution in [0.3, 0.4) is 0 Å². The van der Waals surface area contributed by atoms with Crippen molar-refractivity contribution in [3.05, 3.63) is 50.8 Å².